The lowest BCUT2D eigenvalue weighted by Gasteiger charge is -2.20. The van der Waals surface area contributed by atoms with Crippen molar-refractivity contribution in [3.8, 4) is 17.2 Å². The van der Waals surface area contributed by atoms with Crippen molar-refractivity contribution in [2.75, 3.05) is 20.3 Å². The molecule has 0 aliphatic carbocycles. The first-order chi connectivity index (χ1) is 12.5. The highest BCUT2D eigenvalue weighted by Gasteiger charge is 2.18. The minimum absolute atomic E-state index is 0.126. The maximum absolute atomic E-state index is 12.3. The van der Waals surface area contributed by atoms with Crippen LogP contribution in [0.15, 0.2) is 18.3 Å². The number of fused-ring (bicyclic) bond motifs is 1. The minimum Gasteiger partial charge on any atom is -0.496 e. The van der Waals surface area contributed by atoms with Crippen LogP contribution in [-0.2, 0) is 17.8 Å². The van der Waals surface area contributed by atoms with Gasteiger partial charge >= 0.3 is 0 Å². The molecule has 138 valence electrons. The number of carbonyl (C=O) groups is 1. The first-order valence-corrected chi connectivity index (χ1v) is 8.71. The van der Waals surface area contributed by atoms with Gasteiger partial charge in [0.15, 0.2) is 11.5 Å². The van der Waals surface area contributed by atoms with Crippen molar-refractivity contribution >= 4 is 17.5 Å². The predicted molar refractivity (Wildman–Crippen MR) is 98.3 cm³/mol. The van der Waals surface area contributed by atoms with E-state index in [2.05, 4.69) is 10.3 Å². The van der Waals surface area contributed by atoms with E-state index in [1.165, 1.54) is 0 Å². The number of hydrogen-bond donors (Lipinski definition) is 1. The van der Waals surface area contributed by atoms with Crippen LogP contribution in [0.4, 0.5) is 0 Å². The molecule has 0 unspecified atom stereocenters. The molecule has 0 atom stereocenters. The van der Waals surface area contributed by atoms with E-state index in [-0.39, 0.29) is 12.3 Å². The molecule has 0 saturated heterocycles. The number of aryl methyl sites for hydroxylation is 1. The van der Waals surface area contributed by atoms with E-state index in [4.69, 9.17) is 25.8 Å². The molecule has 1 aliphatic heterocycles. The van der Waals surface area contributed by atoms with E-state index >= 15 is 0 Å². The molecule has 1 N–H and O–H groups in total. The highest BCUT2D eigenvalue weighted by Crippen LogP contribution is 2.38. The van der Waals surface area contributed by atoms with Gasteiger partial charge in [-0.1, -0.05) is 11.6 Å². The maximum atomic E-state index is 12.3. The zero-order valence-electron chi connectivity index (χ0n) is 15.0. The number of pyridine rings is 1. The second kappa shape index (κ2) is 7.83. The summed E-state index contributed by atoms with van der Waals surface area (Å²) in [5.74, 6) is 1.78. The van der Waals surface area contributed by atoms with Crippen molar-refractivity contribution in [1.29, 1.82) is 0 Å². The Kier molecular flexibility index (Phi) is 5.52. The first-order valence-electron chi connectivity index (χ1n) is 8.33. The Morgan fingerprint density at radius 2 is 2.08 bits per heavy atom. The quantitative estimate of drug-likeness (QED) is 0.868. The molecule has 1 aromatic heterocycles. The Bertz CT molecular complexity index is 839. The lowest BCUT2D eigenvalue weighted by atomic mass is 10.1. The van der Waals surface area contributed by atoms with Crippen molar-refractivity contribution in [3.63, 3.8) is 0 Å². The van der Waals surface area contributed by atoms with Gasteiger partial charge in [-0.3, -0.25) is 9.78 Å². The zero-order valence-corrected chi connectivity index (χ0v) is 15.8. The Morgan fingerprint density at radius 1 is 1.31 bits per heavy atom. The third kappa shape index (κ3) is 3.85. The number of nitrogens with one attached hydrogen (secondary N) is 1. The van der Waals surface area contributed by atoms with Crippen LogP contribution in [0.1, 0.15) is 22.4 Å². The van der Waals surface area contributed by atoms with Crippen LogP contribution in [0.25, 0.3) is 0 Å². The van der Waals surface area contributed by atoms with Gasteiger partial charge in [-0.2, -0.15) is 0 Å². The Balaban J connectivity index is 1.66. The number of rotatable bonds is 5. The van der Waals surface area contributed by atoms with E-state index in [0.29, 0.717) is 36.3 Å². The fourth-order valence-electron chi connectivity index (χ4n) is 2.95. The second-order valence-corrected chi connectivity index (χ2v) is 6.51. The maximum Gasteiger partial charge on any atom is 0.224 e. The number of amides is 1. The van der Waals surface area contributed by atoms with Gasteiger partial charge in [0.25, 0.3) is 0 Å². The number of benzene rings is 1. The molecule has 0 bridgehead atoms. The van der Waals surface area contributed by atoms with E-state index in [0.717, 1.165) is 28.1 Å². The summed E-state index contributed by atoms with van der Waals surface area (Å²) in [5, 5.41) is 3.34. The normalized spacial score (nSPS) is 12.6. The number of hydrogen-bond acceptors (Lipinski definition) is 5. The van der Waals surface area contributed by atoms with Crippen LogP contribution in [0.3, 0.4) is 0 Å². The van der Waals surface area contributed by atoms with Crippen molar-refractivity contribution in [2.45, 2.75) is 26.8 Å². The Hall–Kier alpha value is -2.47. The van der Waals surface area contributed by atoms with Crippen molar-refractivity contribution < 1.29 is 19.0 Å². The number of halogens is 1. The summed E-state index contributed by atoms with van der Waals surface area (Å²) in [6, 6.07) is 3.52. The summed E-state index contributed by atoms with van der Waals surface area (Å²) >= 11 is 6.21. The molecule has 0 radical (unpaired) electrons. The van der Waals surface area contributed by atoms with Crippen LogP contribution in [0, 0.1) is 13.8 Å². The fraction of sp³-hybridized carbons (Fsp3) is 0.368. The molecule has 0 fully saturated rings. The molecule has 1 amide bonds. The summed E-state index contributed by atoms with van der Waals surface area (Å²) in [5.41, 5.74) is 3.44. The third-order valence-corrected chi connectivity index (χ3v) is 4.50. The molecule has 3 rings (SSSR count). The van der Waals surface area contributed by atoms with Gasteiger partial charge in [0.05, 0.1) is 30.8 Å². The van der Waals surface area contributed by atoms with Crippen LogP contribution < -0.4 is 19.5 Å². The summed E-state index contributed by atoms with van der Waals surface area (Å²) in [6.07, 6.45) is 1.94. The summed E-state index contributed by atoms with van der Waals surface area (Å²) < 4.78 is 16.4. The molecule has 1 aromatic carbocycles. The van der Waals surface area contributed by atoms with Crippen LogP contribution in [0.2, 0.25) is 5.02 Å². The zero-order chi connectivity index (χ0) is 18.7. The topological polar surface area (TPSA) is 69.7 Å². The first kappa shape index (κ1) is 18.3. The largest absolute Gasteiger partial charge is 0.496 e. The smallest absolute Gasteiger partial charge is 0.224 e. The van der Waals surface area contributed by atoms with Crippen molar-refractivity contribution in [1.82, 2.24) is 10.3 Å². The van der Waals surface area contributed by atoms with E-state index in [1.807, 2.05) is 13.8 Å². The van der Waals surface area contributed by atoms with Gasteiger partial charge in [-0.25, -0.2) is 0 Å². The third-order valence-electron chi connectivity index (χ3n) is 4.22. The molecule has 2 heterocycles. The average molecular weight is 377 g/mol. The standard InChI is InChI=1S/C19H21ClN2O4/c1-11-9-21-15(12(2)18(11)24-3)10-22-17(23)8-13-6-14(20)19-16(7-13)25-4-5-26-19/h6-7,9H,4-5,8,10H2,1-3H3,(H,22,23). The highest BCUT2D eigenvalue weighted by molar-refractivity contribution is 6.32. The van der Waals surface area contributed by atoms with Gasteiger partial charge in [0.2, 0.25) is 5.91 Å². The Labute approximate surface area is 157 Å². The Morgan fingerprint density at radius 3 is 2.85 bits per heavy atom. The number of aromatic nitrogens is 1. The molecular weight excluding hydrogens is 356 g/mol. The van der Waals surface area contributed by atoms with Crippen LogP contribution >= 0.6 is 11.6 Å². The number of methoxy groups -OCH3 is 1. The van der Waals surface area contributed by atoms with Gasteiger partial charge < -0.3 is 19.5 Å². The van der Waals surface area contributed by atoms with Crippen LogP contribution in [-0.4, -0.2) is 31.2 Å². The summed E-state index contributed by atoms with van der Waals surface area (Å²) in [7, 11) is 1.63. The van der Waals surface area contributed by atoms with Crippen molar-refractivity contribution in [2.24, 2.45) is 0 Å². The van der Waals surface area contributed by atoms with E-state index < -0.39 is 0 Å². The lowest BCUT2D eigenvalue weighted by molar-refractivity contribution is -0.120. The molecule has 7 heteroatoms. The summed E-state index contributed by atoms with van der Waals surface area (Å²) in [4.78, 5) is 16.7. The van der Waals surface area contributed by atoms with Gasteiger partial charge in [0, 0.05) is 17.3 Å². The number of ether oxygens (including phenoxy) is 3. The molecule has 0 saturated carbocycles. The highest BCUT2D eigenvalue weighted by atomic mass is 35.5. The molecule has 26 heavy (non-hydrogen) atoms. The molecule has 2 aromatic rings. The second-order valence-electron chi connectivity index (χ2n) is 6.10. The minimum atomic E-state index is -0.126. The lowest BCUT2D eigenvalue weighted by Crippen LogP contribution is -2.25. The molecule has 0 spiro atoms. The van der Waals surface area contributed by atoms with Crippen LogP contribution in [0.5, 0.6) is 17.2 Å². The predicted octanol–water partition coefficient (Wildman–Crippen LogP) is 2.99. The van der Waals surface area contributed by atoms with Gasteiger partial charge in [0.1, 0.15) is 19.0 Å². The number of carbonyl (C=O) groups excluding carboxylic acids is 1. The molecular formula is C19H21ClN2O4. The SMILES string of the molecule is COc1c(C)cnc(CNC(=O)Cc2cc(Cl)c3c(c2)OCCO3)c1C. The van der Waals surface area contributed by atoms with Gasteiger partial charge in [-0.05, 0) is 31.5 Å². The van der Waals surface area contributed by atoms with E-state index in [1.54, 1.807) is 25.4 Å². The van der Waals surface area contributed by atoms with E-state index in [9.17, 15) is 4.79 Å². The molecule has 6 nitrogen and oxygen atoms in total. The number of nitrogens with zero attached hydrogens (tertiary/aromatic N) is 1. The van der Waals surface area contributed by atoms with Gasteiger partial charge in [-0.15, -0.1) is 0 Å². The van der Waals surface area contributed by atoms with Crippen molar-refractivity contribution in [3.05, 3.63) is 45.7 Å². The molecule has 1 aliphatic rings. The summed E-state index contributed by atoms with van der Waals surface area (Å²) in [6.45, 7) is 5.14. The average Bonchev–Trinajstić information content (AvgIpc) is 2.61. The fourth-order valence-corrected chi connectivity index (χ4v) is 3.23. The monoisotopic (exact) mass is 376 g/mol.